The second-order valence-corrected chi connectivity index (χ2v) is 10.9. The van der Waals surface area contributed by atoms with Crippen LogP contribution < -0.4 is 9.46 Å². The second-order valence-electron chi connectivity index (χ2n) is 7.96. The first-order chi connectivity index (χ1) is 14.2. The fourth-order valence-corrected chi connectivity index (χ4v) is 5.73. The van der Waals surface area contributed by atoms with Crippen molar-refractivity contribution in [3.8, 4) is 5.75 Å². The van der Waals surface area contributed by atoms with E-state index in [1.807, 2.05) is 19.0 Å². The monoisotopic (exact) mass is 473 g/mol. The molecule has 7 nitrogen and oxygen atoms in total. The maximum Gasteiger partial charge on any atom is 0.263 e. The van der Waals surface area contributed by atoms with E-state index in [2.05, 4.69) is 9.71 Å². The van der Waals surface area contributed by atoms with Crippen LogP contribution in [0.4, 0.5) is 5.13 Å². The Morgan fingerprint density at radius 3 is 2.70 bits per heavy atom. The third kappa shape index (κ3) is 6.31. The topological polar surface area (TPSA) is 91.8 Å². The molecule has 30 heavy (non-hydrogen) atoms. The third-order valence-electron chi connectivity index (χ3n) is 5.08. The molecule has 0 unspecified atom stereocenters. The van der Waals surface area contributed by atoms with E-state index in [4.69, 9.17) is 16.3 Å². The number of rotatable bonds is 9. The maximum absolute atomic E-state index is 12.7. The molecule has 0 radical (unpaired) electrons. The van der Waals surface area contributed by atoms with E-state index in [0.29, 0.717) is 24.5 Å². The number of benzene rings is 1. The highest BCUT2D eigenvalue weighted by atomic mass is 35.5. The number of aliphatic hydroxyl groups is 1. The van der Waals surface area contributed by atoms with Crippen molar-refractivity contribution >= 4 is 38.1 Å². The molecule has 1 saturated carbocycles. The van der Waals surface area contributed by atoms with Gasteiger partial charge >= 0.3 is 0 Å². The summed E-state index contributed by atoms with van der Waals surface area (Å²) in [4.78, 5) is 6.38. The highest BCUT2D eigenvalue weighted by Gasteiger charge is 2.30. The number of ether oxygens (including phenoxy) is 1. The molecule has 0 atom stereocenters. The van der Waals surface area contributed by atoms with Gasteiger partial charge in [-0.25, -0.2) is 13.4 Å². The number of anilines is 1. The molecule has 0 bridgehead atoms. The van der Waals surface area contributed by atoms with Crippen molar-refractivity contribution in [3.63, 3.8) is 0 Å². The number of sulfonamides is 1. The molecule has 166 valence electrons. The van der Waals surface area contributed by atoms with Gasteiger partial charge in [-0.05, 0) is 45.1 Å². The van der Waals surface area contributed by atoms with E-state index in [0.717, 1.165) is 38.6 Å². The molecule has 2 aromatic rings. The molecule has 1 aromatic carbocycles. The van der Waals surface area contributed by atoms with Crippen molar-refractivity contribution in [1.82, 2.24) is 9.88 Å². The predicted molar refractivity (Wildman–Crippen MR) is 120 cm³/mol. The van der Waals surface area contributed by atoms with Crippen molar-refractivity contribution in [2.75, 3.05) is 32.0 Å². The minimum Gasteiger partial charge on any atom is -0.491 e. The normalized spacial score (nSPS) is 16.6. The first-order valence-corrected chi connectivity index (χ1v) is 12.7. The summed E-state index contributed by atoms with van der Waals surface area (Å²) in [6.07, 6.45) is 5.12. The average Bonchev–Trinajstić information content (AvgIpc) is 3.08. The summed E-state index contributed by atoms with van der Waals surface area (Å²) in [5.41, 5.74) is -0.0388. The number of halogens is 1. The van der Waals surface area contributed by atoms with Gasteiger partial charge in [0, 0.05) is 18.3 Å². The molecule has 1 heterocycles. The Kier molecular flexibility index (Phi) is 7.62. The molecule has 1 aliphatic rings. The van der Waals surface area contributed by atoms with Crippen LogP contribution in [0.3, 0.4) is 0 Å². The first kappa shape index (κ1) is 23.3. The van der Waals surface area contributed by atoms with Crippen molar-refractivity contribution in [2.24, 2.45) is 0 Å². The van der Waals surface area contributed by atoms with E-state index in [1.54, 1.807) is 11.4 Å². The molecular formula is C20H28ClN3O4S2. The molecule has 10 heteroatoms. The Hall–Kier alpha value is -1.39. The zero-order valence-electron chi connectivity index (χ0n) is 17.2. The van der Waals surface area contributed by atoms with Crippen molar-refractivity contribution in [1.29, 1.82) is 0 Å². The number of likely N-dealkylation sites (N-methyl/N-ethyl adjacent to an activating group) is 1. The van der Waals surface area contributed by atoms with Gasteiger partial charge in [0.2, 0.25) is 0 Å². The van der Waals surface area contributed by atoms with Gasteiger partial charge in [0.15, 0.2) is 5.13 Å². The van der Waals surface area contributed by atoms with Crippen LogP contribution in [0.15, 0.2) is 28.5 Å². The summed E-state index contributed by atoms with van der Waals surface area (Å²) in [5.74, 6) is 0.440. The number of aromatic nitrogens is 1. The summed E-state index contributed by atoms with van der Waals surface area (Å²) in [5, 5.41) is 13.0. The minimum atomic E-state index is -3.83. The van der Waals surface area contributed by atoms with Gasteiger partial charge in [-0.1, -0.05) is 30.9 Å². The lowest BCUT2D eigenvalue weighted by Gasteiger charge is -2.31. The maximum atomic E-state index is 12.7. The van der Waals surface area contributed by atoms with Crippen LogP contribution in [-0.4, -0.2) is 56.3 Å². The van der Waals surface area contributed by atoms with Crippen molar-refractivity contribution in [2.45, 2.75) is 49.0 Å². The molecule has 1 aliphatic carbocycles. The van der Waals surface area contributed by atoms with Gasteiger partial charge in [-0.15, -0.1) is 11.3 Å². The molecule has 1 fully saturated rings. The molecule has 0 aliphatic heterocycles. The van der Waals surface area contributed by atoms with E-state index < -0.39 is 15.6 Å². The average molecular weight is 474 g/mol. The van der Waals surface area contributed by atoms with Gasteiger partial charge < -0.3 is 14.7 Å². The summed E-state index contributed by atoms with van der Waals surface area (Å²) in [6.45, 7) is 1.17. The largest absolute Gasteiger partial charge is 0.491 e. The van der Waals surface area contributed by atoms with Crippen LogP contribution in [0, 0.1) is 0 Å². The molecule has 0 amide bonds. The van der Waals surface area contributed by atoms with E-state index in [1.165, 1.54) is 23.5 Å². The lowest BCUT2D eigenvalue weighted by molar-refractivity contribution is 0.00381. The van der Waals surface area contributed by atoms with Crippen LogP contribution >= 0.6 is 22.9 Å². The van der Waals surface area contributed by atoms with Crippen LogP contribution in [0.25, 0.3) is 0 Å². The number of nitrogens with one attached hydrogen (secondary N) is 1. The standard InChI is InChI=1S/C20H28ClN3O4S2/c1-24(2)10-11-28-18-7-6-16(12-17(18)21)30(26,27)23-19-22-15(14-29-19)13-20(25)8-4-3-5-9-20/h6-7,12,14,25H,3-5,8-11,13H2,1-2H3,(H,22,23). The quantitative estimate of drug-likeness (QED) is 0.576. The third-order valence-corrected chi connectivity index (χ3v) is 7.65. The van der Waals surface area contributed by atoms with Gasteiger partial charge in [0.25, 0.3) is 10.0 Å². The lowest BCUT2D eigenvalue weighted by atomic mass is 9.82. The molecule has 3 rings (SSSR count). The lowest BCUT2D eigenvalue weighted by Crippen LogP contribution is -2.33. The molecular weight excluding hydrogens is 446 g/mol. The van der Waals surface area contributed by atoms with E-state index in [-0.39, 0.29) is 15.0 Å². The zero-order valence-corrected chi connectivity index (χ0v) is 19.6. The first-order valence-electron chi connectivity index (χ1n) is 9.94. The van der Waals surface area contributed by atoms with Crippen LogP contribution in [-0.2, 0) is 16.4 Å². The highest BCUT2D eigenvalue weighted by Crippen LogP contribution is 2.33. The fourth-order valence-electron chi connectivity index (χ4n) is 3.44. The molecule has 2 N–H and O–H groups in total. The summed E-state index contributed by atoms with van der Waals surface area (Å²) >= 11 is 7.41. The number of thiazole rings is 1. The summed E-state index contributed by atoms with van der Waals surface area (Å²) < 4.78 is 33.6. The predicted octanol–water partition coefficient (Wildman–Crippen LogP) is 3.78. The van der Waals surface area contributed by atoms with Crippen LogP contribution in [0.1, 0.15) is 37.8 Å². The SMILES string of the molecule is CN(C)CCOc1ccc(S(=O)(=O)Nc2nc(CC3(O)CCCCC3)cs2)cc1Cl. The fraction of sp³-hybridized carbons (Fsp3) is 0.550. The number of hydrogen-bond acceptors (Lipinski definition) is 7. The van der Waals surface area contributed by atoms with Crippen molar-refractivity contribution < 1.29 is 18.3 Å². The Balaban J connectivity index is 1.65. The van der Waals surface area contributed by atoms with Crippen molar-refractivity contribution in [3.05, 3.63) is 34.3 Å². The van der Waals surface area contributed by atoms with E-state index in [9.17, 15) is 13.5 Å². The summed E-state index contributed by atoms with van der Waals surface area (Å²) in [7, 11) is 0.0384. The molecule has 0 spiro atoms. The van der Waals surface area contributed by atoms with Gasteiger partial charge in [-0.2, -0.15) is 0 Å². The minimum absolute atomic E-state index is 0.0371. The highest BCUT2D eigenvalue weighted by molar-refractivity contribution is 7.93. The summed E-state index contributed by atoms with van der Waals surface area (Å²) in [6, 6.07) is 4.38. The number of hydrogen-bond donors (Lipinski definition) is 2. The van der Waals surface area contributed by atoms with Crippen LogP contribution in [0.5, 0.6) is 5.75 Å². The Labute approximate surface area is 187 Å². The zero-order chi connectivity index (χ0) is 21.8. The Morgan fingerprint density at radius 2 is 2.03 bits per heavy atom. The smallest absolute Gasteiger partial charge is 0.263 e. The second kappa shape index (κ2) is 9.82. The Bertz CT molecular complexity index is 957. The number of nitrogens with zero attached hydrogens (tertiary/aromatic N) is 2. The molecule has 1 aromatic heterocycles. The molecule has 0 saturated heterocycles. The Morgan fingerprint density at radius 1 is 1.30 bits per heavy atom. The van der Waals surface area contributed by atoms with Gasteiger partial charge in [0.1, 0.15) is 12.4 Å². The van der Waals surface area contributed by atoms with Crippen LogP contribution in [0.2, 0.25) is 5.02 Å². The van der Waals surface area contributed by atoms with Gasteiger partial charge in [-0.3, -0.25) is 4.72 Å². The van der Waals surface area contributed by atoms with Gasteiger partial charge in [0.05, 0.1) is 21.2 Å². The van der Waals surface area contributed by atoms with E-state index >= 15 is 0 Å².